The van der Waals surface area contributed by atoms with Gasteiger partial charge in [-0.15, -0.1) is 0 Å². The first-order valence-electron chi connectivity index (χ1n) is 5.98. The Hall–Kier alpha value is -2.41. The lowest BCUT2D eigenvalue weighted by molar-refractivity contribution is 0.468. The molecule has 1 N–H and O–H groups in total. The van der Waals surface area contributed by atoms with Crippen molar-refractivity contribution >= 4 is 23.5 Å². The third-order valence-corrected chi connectivity index (χ3v) is 3.37. The van der Waals surface area contributed by atoms with E-state index >= 15 is 0 Å². The molecule has 0 aliphatic heterocycles. The van der Waals surface area contributed by atoms with Crippen molar-refractivity contribution in [1.82, 2.24) is 10.2 Å². The number of rotatable bonds is 4. The average Bonchev–Trinajstić information content (AvgIpc) is 2.91. The number of halogens is 2. The SMILES string of the molecule is Fc1ccc(Nc2nnc(Sc3ccc(F)cc3)o2)cc1. The van der Waals surface area contributed by atoms with Crippen molar-refractivity contribution in [3.05, 3.63) is 60.2 Å². The number of anilines is 2. The number of nitrogens with one attached hydrogen (secondary N) is 1. The largest absolute Gasteiger partial charge is 0.397 e. The second-order valence-electron chi connectivity index (χ2n) is 4.06. The molecule has 0 amide bonds. The number of hydrogen-bond donors (Lipinski definition) is 1. The fraction of sp³-hybridized carbons (Fsp3) is 0. The fourth-order valence-corrected chi connectivity index (χ4v) is 2.24. The van der Waals surface area contributed by atoms with Crippen LogP contribution in [0.15, 0.2) is 63.1 Å². The van der Waals surface area contributed by atoms with Crippen molar-refractivity contribution in [2.24, 2.45) is 0 Å². The van der Waals surface area contributed by atoms with Crippen LogP contribution in [0.2, 0.25) is 0 Å². The summed E-state index contributed by atoms with van der Waals surface area (Å²) in [7, 11) is 0. The first-order chi connectivity index (χ1) is 10.2. The normalized spacial score (nSPS) is 10.6. The summed E-state index contributed by atoms with van der Waals surface area (Å²) in [4.78, 5) is 0.786. The molecule has 21 heavy (non-hydrogen) atoms. The monoisotopic (exact) mass is 305 g/mol. The van der Waals surface area contributed by atoms with Crippen LogP contribution in [0.1, 0.15) is 0 Å². The Balaban J connectivity index is 1.68. The van der Waals surface area contributed by atoms with Gasteiger partial charge in [0.1, 0.15) is 11.6 Å². The predicted molar refractivity (Wildman–Crippen MR) is 74.5 cm³/mol. The van der Waals surface area contributed by atoms with Crippen LogP contribution in [0.5, 0.6) is 0 Å². The lowest BCUT2D eigenvalue weighted by Crippen LogP contribution is -1.90. The minimum absolute atomic E-state index is 0.200. The van der Waals surface area contributed by atoms with Crippen LogP contribution in [0.3, 0.4) is 0 Å². The Labute approximate surface area is 123 Å². The minimum Gasteiger partial charge on any atom is -0.397 e. The third-order valence-electron chi connectivity index (χ3n) is 2.52. The summed E-state index contributed by atoms with van der Waals surface area (Å²) in [5.41, 5.74) is 0.637. The highest BCUT2D eigenvalue weighted by molar-refractivity contribution is 7.99. The highest BCUT2D eigenvalue weighted by Gasteiger charge is 2.08. The first-order valence-corrected chi connectivity index (χ1v) is 6.80. The number of hydrogen-bond acceptors (Lipinski definition) is 5. The van der Waals surface area contributed by atoms with Crippen molar-refractivity contribution < 1.29 is 13.2 Å². The van der Waals surface area contributed by atoms with Gasteiger partial charge in [0.25, 0.3) is 5.22 Å². The zero-order chi connectivity index (χ0) is 14.7. The molecular formula is C14H9F2N3OS. The van der Waals surface area contributed by atoms with E-state index in [4.69, 9.17) is 4.42 Å². The average molecular weight is 305 g/mol. The first kappa shape index (κ1) is 13.6. The fourth-order valence-electron chi connectivity index (χ4n) is 1.56. The summed E-state index contributed by atoms with van der Waals surface area (Å²) < 4.78 is 31.0. The Morgan fingerprint density at radius 2 is 1.48 bits per heavy atom. The third kappa shape index (κ3) is 3.57. The maximum atomic E-state index is 12.8. The van der Waals surface area contributed by atoms with E-state index in [0.717, 1.165) is 4.90 Å². The van der Waals surface area contributed by atoms with Gasteiger partial charge in [0, 0.05) is 10.6 Å². The van der Waals surface area contributed by atoms with E-state index in [1.165, 1.54) is 36.0 Å². The Kier molecular flexibility index (Phi) is 3.83. The molecule has 1 heterocycles. The van der Waals surface area contributed by atoms with Gasteiger partial charge < -0.3 is 9.73 Å². The van der Waals surface area contributed by atoms with Gasteiger partial charge in [-0.2, -0.15) is 0 Å². The molecule has 0 spiro atoms. The van der Waals surface area contributed by atoms with Gasteiger partial charge in [-0.05, 0) is 60.3 Å². The summed E-state index contributed by atoms with van der Waals surface area (Å²) in [6.45, 7) is 0. The maximum Gasteiger partial charge on any atom is 0.320 e. The molecule has 4 nitrogen and oxygen atoms in total. The topological polar surface area (TPSA) is 51.0 Å². The van der Waals surface area contributed by atoms with E-state index in [2.05, 4.69) is 15.5 Å². The summed E-state index contributed by atoms with van der Waals surface area (Å²) >= 11 is 1.22. The Morgan fingerprint density at radius 1 is 0.857 bits per heavy atom. The molecule has 0 aliphatic carbocycles. The van der Waals surface area contributed by atoms with Crippen LogP contribution in [0.4, 0.5) is 20.5 Å². The molecule has 7 heteroatoms. The van der Waals surface area contributed by atoms with Crippen LogP contribution < -0.4 is 5.32 Å². The van der Waals surface area contributed by atoms with E-state index in [1.807, 2.05) is 0 Å². The van der Waals surface area contributed by atoms with Crippen LogP contribution in [0.25, 0.3) is 0 Å². The van der Waals surface area contributed by atoms with E-state index in [1.54, 1.807) is 24.3 Å². The quantitative estimate of drug-likeness (QED) is 0.781. The molecule has 0 bridgehead atoms. The van der Waals surface area contributed by atoms with Crippen molar-refractivity contribution in [3.8, 4) is 0 Å². The molecule has 0 unspecified atom stereocenters. The Bertz CT molecular complexity index is 667. The van der Waals surface area contributed by atoms with Crippen LogP contribution in [0, 0.1) is 11.6 Å². The van der Waals surface area contributed by atoms with Gasteiger partial charge >= 0.3 is 6.01 Å². The van der Waals surface area contributed by atoms with Gasteiger partial charge in [0.2, 0.25) is 0 Å². The zero-order valence-electron chi connectivity index (χ0n) is 10.6. The van der Waals surface area contributed by atoms with Crippen LogP contribution in [-0.4, -0.2) is 10.2 Å². The molecule has 0 radical (unpaired) electrons. The molecule has 3 aromatic rings. The zero-order valence-corrected chi connectivity index (χ0v) is 11.4. The van der Waals surface area contributed by atoms with Crippen molar-refractivity contribution in [3.63, 3.8) is 0 Å². The molecule has 0 atom stereocenters. The molecule has 1 aromatic heterocycles. The molecule has 2 aromatic carbocycles. The molecule has 0 fully saturated rings. The van der Waals surface area contributed by atoms with Gasteiger partial charge in [0.05, 0.1) is 0 Å². The minimum atomic E-state index is -0.321. The van der Waals surface area contributed by atoms with E-state index < -0.39 is 0 Å². The van der Waals surface area contributed by atoms with Crippen molar-refractivity contribution in [2.75, 3.05) is 5.32 Å². The predicted octanol–water partition coefficient (Wildman–Crippen LogP) is 4.24. The van der Waals surface area contributed by atoms with Gasteiger partial charge in [-0.1, -0.05) is 10.2 Å². The maximum absolute atomic E-state index is 12.8. The molecule has 0 saturated carbocycles. The van der Waals surface area contributed by atoms with E-state index in [9.17, 15) is 8.78 Å². The second-order valence-corrected chi connectivity index (χ2v) is 5.09. The van der Waals surface area contributed by atoms with Gasteiger partial charge in [0.15, 0.2) is 0 Å². The molecule has 0 aliphatic rings. The molecule has 0 saturated heterocycles. The molecule has 3 rings (SSSR count). The van der Waals surface area contributed by atoms with E-state index in [-0.39, 0.29) is 17.6 Å². The highest BCUT2D eigenvalue weighted by Crippen LogP contribution is 2.28. The molecule has 106 valence electrons. The summed E-state index contributed by atoms with van der Waals surface area (Å²) in [5.74, 6) is -0.623. The summed E-state index contributed by atoms with van der Waals surface area (Å²) in [5, 5.41) is 10.9. The highest BCUT2D eigenvalue weighted by atomic mass is 32.2. The standard InChI is InChI=1S/C14H9F2N3OS/c15-9-1-5-11(6-2-9)17-13-18-19-14(20-13)21-12-7-3-10(16)4-8-12/h1-8H,(H,17,18). The Morgan fingerprint density at radius 3 is 2.14 bits per heavy atom. The number of benzene rings is 2. The number of nitrogens with zero attached hydrogens (tertiary/aromatic N) is 2. The van der Waals surface area contributed by atoms with Crippen molar-refractivity contribution in [2.45, 2.75) is 10.1 Å². The number of aromatic nitrogens is 2. The second kappa shape index (κ2) is 5.92. The van der Waals surface area contributed by atoms with Crippen LogP contribution >= 0.6 is 11.8 Å². The van der Waals surface area contributed by atoms with Gasteiger partial charge in [-0.25, -0.2) is 8.78 Å². The van der Waals surface area contributed by atoms with Gasteiger partial charge in [-0.3, -0.25) is 0 Å². The van der Waals surface area contributed by atoms with Crippen LogP contribution in [-0.2, 0) is 0 Å². The van der Waals surface area contributed by atoms with Crippen molar-refractivity contribution in [1.29, 1.82) is 0 Å². The molecular weight excluding hydrogens is 296 g/mol. The summed E-state index contributed by atoms with van der Waals surface area (Å²) in [6.07, 6.45) is 0. The lowest BCUT2D eigenvalue weighted by atomic mass is 10.3. The van der Waals surface area contributed by atoms with E-state index in [0.29, 0.717) is 10.9 Å². The smallest absolute Gasteiger partial charge is 0.320 e. The lowest BCUT2D eigenvalue weighted by Gasteiger charge is -1.99. The summed E-state index contributed by atoms with van der Waals surface area (Å²) in [6, 6.07) is 11.9.